The number of nitrogens with zero attached hydrogens (tertiary/aromatic N) is 2. The summed E-state index contributed by atoms with van der Waals surface area (Å²) in [5.41, 5.74) is 1.88. The molecule has 0 saturated heterocycles. The van der Waals surface area contributed by atoms with Crippen LogP contribution in [-0.4, -0.2) is 45.4 Å². The van der Waals surface area contributed by atoms with Crippen LogP contribution in [0.3, 0.4) is 0 Å². The van der Waals surface area contributed by atoms with Crippen LogP contribution < -0.4 is 9.64 Å². The fraction of sp³-hybridized carbons (Fsp3) is 0.316. The summed E-state index contributed by atoms with van der Waals surface area (Å²) >= 11 is 9.49. The molecule has 1 amide bonds. The summed E-state index contributed by atoms with van der Waals surface area (Å²) in [6, 6.07) is 9.91. The summed E-state index contributed by atoms with van der Waals surface area (Å²) in [4.78, 5) is 14.6. The van der Waals surface area contributed by atoms with Gasteiger partial charge in [0, 0.05) is 23.2 Å². The highest BCUT2D eigenvalue weighted by Crippen LogP contribution is 2.34. The van der Waals surface area contributed by atoms with Crippen molar-refractivity contribution >= 4 is 49.1 Å². The van der Waals surface area contributed by atoms with Gasteiger partial charge in [-0.25, -0.2) is 8.42 Å². The summed E-state index contributed by atoms with van der Waals surface area (Å²) in [5.74, 6) is 0.104. The maximum Gasteiger partial charge on any atom is 0.243 e. The molecule has 0 bridgehead atoms. The van der Waals surface area contributed by atoms with Crippen LogP contribution in [0, 0.1) is 0 Å². The summed E-state index contributed by atoms with van der Waals surface area (Å²) in [6.45, 7) is 1.68. The number of halogens is 2. The number of rotatable bonds is 5. The molecule has 0 saturated carbocycles. The number of hydrogen-bond donors (Lipinski definition) is 0. The molecular formula is C19H20BrClN2O4S. The van der Waals surface area contributed by atoms with Crippen molar-refractivity contribution in [3.8, 4) is 5.75 Å². The lowest BCUT2D eigenvalue weighted by molar-refractivity contribution is -0.118. The van der Waals surface area contributed by atoms with E-state index in [1.807, 2.05) is 25.1 Å². The average Bonchev–Trinajstić information content (AvgIpc) is 2.96. The van der Waals surface area contributed by atoms with E-state index in [1.54, 1.807) is 4.90 Å². The Kier molecular flexibility index (Phi) is 6.05. The van der Waals surface area contributed by atoms with E-state index >= 15 is 0 Å². The number of benzene rings is 2. The highest BCUT2D eigenvalue weighted by Gasteiger charge is 2.33. The molecule has 3 rings (SSSR count). The van der Waals surface area contributed by atoms with Crippen molar-refractivity contribution in [2.24, 2.45) is 0 Å². The van der Waals surface area contributed by atoms with Gasteiger partial charge in [-0.2, -0.15) is 4.31 Å². The molecule has 2 aromatic carbocycles. The SMILES string of the molecule is COc1ccc(S(=O)(=O)N(C)CC(=O)N2c3ccc(Br)cc3CC2C)cc1Cl. The number of anilines is 1. The molecule has 150 valence electrons. The zero-order valence-corrected chi connectivity index (χ0v) is 18.8. The predicted molar refractivity (Wildman–Crippen MR) is 113 cm³/mol. The molecule has 1 atom stereocenters. The minimum absolute atomic E-state index is 0.00685. The number of ether oxygens (including phenoxy) is 1. The molecule has 2 aromatic rings. The Labute approximate surface area is 178 Å². The molecule has 0 radical (unpaired) electrons. The van der Waals surface area contributed by atoms with Gasteiger partial charge in [-0.05, 0) is 55.3 Å². The van der Waals surface area contributed by atoms with Gasteiger partial charge < -0.3 is 9.64 Å². The van der Waals surface area contributed by atoms with Gasteiger partial charge in [0.2, 0.25) is 15.9 Å². The van der Waals surface area contributed by atoms with Crippen molar-refractivity contribution in [1.82, 2.24) is 4.31 Å². The van der Waals surface area contributed by atoms with E-state index in [4.69, 9.17) is 16.3 Å². The smallest absolute Gasteiger partial charge is 0.243 e. The van der Waals surface area contributed by atoms with Gasteiger partial charge in [0.05, 0.1) is 23.6 Å². The zero-order chi connectivity index (χ0) is 20.6. The first kappa shape index (κ1) is 21.1. The van der Waals surface area contributed by atoms with Crippen LogP contribution in [0.25, 0.3) is 0 Å². The Morgan fingerprint density at radius 2 is 2.04 bits per heavy atom. The number of methoxy groups -OCH3 is 1. The monoisotopic (exact) mass is 486 g/mol. The van der Waals surface area contributed by atoms with Crippen molar-refractivity contribution in [2.75, 3.05) is 25.6 Å². The Morgan fingerprint density at radius 1 is 1.32 bits per heavy atom. The topological polar surface area (TPSA) is 66.9 Å². The molecule has 1 aliphatic rings. The number of likely N-dealkylation sites (N-methyl/N-ethyl adjacent to an activating group) is 1. The number of carbonyl (C=O) groups is 1. The number of sulfonamides is 1. The molecule has 0 fully saturated rings. The van der Waals surface area contributed by atoms with Gasteiger partial charge in [0.1, 0.15) is 5.75 Å². The highest BCUT2D eigenvalue weighted by molar-refractivity contribution is 9.10. The van der Waals surface area contributed by atoms with E-state index in [1.165, 1.54) is 32.4 Å². The Bertz CT molecular complexity index is 1030. The molecule has 0 aromatic heterocycles. The Morgan fingerprint density at radius 3 is 2.68 bits per heavy atom. The quantitative estimate of drug-likeness (QED) is 0.645. The van der Waals surface area contributed by atoms with E-state index in [2.05, 4.69) is 15.9 Å². The molecule has 1 aliphatic heterocycles. The normalized spacial score (nSPS) is 16.4. The molecule has 0 aliphatic carbocycles. The van der Waals surface area contributed by atoms with E-state index in [0.29, 0.717) is 5.75 Å². The second-order valence-electron chi connectivity index (χ2n) is 6.65. The van der Waals surface area contributed by atoms with Crippen molar-refractivity contribution in [2.45, 2.75) is 24.3 Å². The first-order chi connectivity index (χ1) is 13.1. The molecule has 9 heteroatoms. The average molecular weight is 488 g/mol. The number of fused-ring (bicyclic) bond motifs is 1. The van der Waals surface area contributed by atoms with E-state index in [0.717, 1.165) is 26.4 Å². The molecule has 0 spiro atoms. The van der Waals surface area contributed by atoms with Crippen molar-refractivity contribution in [1.29, 1.82) is 0 Å². The van der Waals surface area contributed by atoms with Crippen molar-refractivity contribution in [3.05, 3.63) is 51.5 Å². The van der Waals surface area contributed by atoms with Crippen LogP contribution in [0.1, 0.15) is 12.5 Å². The van der Waals surface area contributed by atoms with Crippen LogP contribution in [0.15, 0.2) is 45.8 Å². The fourth-order valence-electron chi connectivity index (χ4n) is 3.32. The fourth-order valence-corrected chi connectivity index (χ4v) is 5.20. The van der Waals surface area contributed by atoms with Crippen LogP contribution in [0.5, 0.6) is 5.75 Å². The van der Waals surface area contributed by atoms with E-state index in [-0.39, 0.29) is 28.4 Å². The predicted octanol–water partition coefficient (Wildman–Crippen LogP) is 3.71. The van der Waals surface area contributed by atoms with Crippen LogP contribution in [-0.2, 0) is 21.2 Å². The Hall–Kier alpha value is -1.61. The first-order valence-electron chi connectivity index (χ1n) is 8.55. The van der Waals surface area contributed by atoms with Crippen molar-refractivity contribution in [3.63, 3.8) is 0 Å². The molecular weight excluding hydrogens is 468 g/mol. The maximum absolute atomic E-state index is 12.9. The largest absolute Gasteiger partial charge is 0.495 e. The molecule has 1 unspecified atom stereocenters. The summed E-state index contributed by atoms with van der Waals surface area (Å²) in [6.07, 6.45) is 0.727. The highest BCUT2D eigenvalue weighted by atomic mass is 79.9. The summed E-state index contributed by atoms with van der Waals surface area (Å²) < 4.78 is 32.8. The lowest BCUT2D eigenvalue weighted by atomic mass is 10.1. The summed E-state index contributed by atoms with van der Waals surface area (Å²) in [7, 11) is -1.04. The standard InChI is InChI=1S/C19H20BrClN2O4S/c1-12-8-13-9-14(20)4-6-17(13)23(12)19(24)11-22(2)28(25,26)15-5-7-18(27-3)16(21)10-15/h4-7,9-10,12H,8,11H2,1-3H3. The van der Waals surface area contributed by atoms with Gasteiger partial charge >= 0.3 is 0 Å². The van der Waals surface area contributed by atoms with Crippen LogP contribution >= 0.6 is 27.5 Å². The van der Waals surface area contributed by atoms with Gasteiger partial charge in [-0.15, -0.1) is 0 Å². The summed E-state index contributed by atoms with van der Waals surface area (Å²) in [5, 5.41) is 0.191. The van der Waals surface area contributed by atoms with E-state index in [9.17, 15) is 13.2 Å². The lowest BCUT2D eigenvalue weighted by Crippen LogP contribution is -2.43. The maximum atomic E-state index is 12.9. The lowest BCUT2D eigenvalue weighted by Gasteiger charge is -2.25. The number of amides is 1. The second-order valence-corrected chi connectivity index (χ2v) is 10.0. The molecule has 1 heterocycles. The van der Waals surface area contributed by atoms with E-state index < -0.39 is 10.0 Å². The third-order valence-electron chi connectivity index (χ3n) is 4.72. The van der Waals surface area contributed by atoms with Gasteiger partial charge in [0.25, 0.3) is 0 Å². The van der Waals surface area contributed by atoms with Crippen LogP contribution in [0.2, 0.25) is 5.02 Å². The minimum atomic E-state index is -3.87. The zero-order valence-electron chi connectivity index (χ0n) is 15.6. The van der Waals surface area contributed by atoms with Crippen molar-refractivity contribution < 1.29 is 17.9 Å². The molecule has 28 heavy (non-hydrogen) atoms. The van der Waals surface area contributed by atoms with Gasteiger partial charge in [-0.1, -0.05) is 27.5 Å². The second kappa shape index (κ2) is 8.02. The number of hydrogen-bond acceptors (Lipinski definition) is 4. The third kappa shape index (κ3) is 3.91. The third-order valence-corrected chi connectivity index (χ3v) is 7.30. The number of carbonyl (C=O) groups excluding carboxylic acids is 1. The van der Waals surface area contributed by atoms with Gasteiger partial charge in [0.15, 0.2) is 0 Å². The van der Waals surface area contributed by atoms with Gasteiger partial charge in [-0.3, -0.25) is 4.79 Å². The van der Waals surface area contributed by atoms with Crippen LogP contribution in [0.4, 0.5) is 5.69 Å². The molecule has 6 nitrogen and oxygen atoms in total. The molecule has 0 N–H and O–H groups in total. The Balaban J connectivity index is 1.82. The first-order valence-corrected chi connectivity index (χ1v) is 11.2. The minimum Gasteiger partial charge on any atom is -0.495 e.